The third kappa shape index (κ3) is 20.2. The number of benzene rings is 4. The summed E-state index contributed by atoms with van der Waals surface area (Å²) in [6.45, 7) is 1.71. The standard InChI is InChI=1S/C53H67ClN10O11S2/c1-30(65)46-53(75)63-44(52(74)60-40(47(57)69)24-33-11-18-37(66)19-12-33)29-77-76-28-43(58-45(68)22-15-31-9-16-36(54)17-10-31)51(73)62-42(26-34-13-20-38(67)21-14-34)50(72)61-41(25-32-5-7-35(27-56)8-6-32)49(71)59-39(48(70)64-46)4-2-3-23-55/h5-14,16-21,30,39-44,46,65-67H,2-4,15,22-29,55-56H2,1H3,(H2,57,69)(H,58,68)(H,59,71)(H,60,74)(H,61,72)(H,62,73)(H,63,75)(H,64,70)/t30?,39-,40+,41+,42-,43+,44-,46?/m0/s1. The van der Waals surface area contributed by atoms with Crippen molar-refractivity contribution in [1.29, 1.82) is 0 Å². The minimum atomic E-state index is -1.72. The molecule has 1 aliphatic rings. The number of phenolic OH excluding ortho intramolecular Hbond substituents is 2. The van der Waals surface area contributed by atoms with Gasteiger partial charge in [-0.2, -0.15) is 0 Å². The lowest BCUT2D eigenvalue weighted by Gasteiger charge is -2.29. The molecular formula is C53H67ClN10O11S2. The van der Waals surface area contributed by atoms with Crippen molar-refractivity contribution in [3.63, 3.8) is 0 Å². The van der Waals surface area contributed by atoms with Gasteiger partial charge in [0.25, 0.3) is 0 Å². The van der Waals surface area contributed by atoms with Crippen molar-refractivity contribution in [2.75, 3.05) is 18.1 Å². The molecule has 16 N–H and O–H groups in total. The largest absolute Gasteiger partial charge is 0.508 e. The Bertz CT molecular complexity index is 2640. The third-order valence-corrected chi connectivity index (χ3v) is 15.1. The third-order valence-electron chi connectivity index (χ3n) is 12.4. The maximum atomic E-state index is 14.7. The van der Waals surface area contributed by atoms with E-state index < -0.39 is 95.7 Å². The van der Waals surface area contributed by atoms with Gasteiger partial charge in [-0.3, -0.25) is 38.4 Å². The Labute approximate surface area is 459 Å². The van der Waals surface area contributed by atoms with E-state index in [0.717, 1.165) is 32.7 Å². The zero-order valence-electron chi connectivity index (χ0n) is 42.4. The van der Waals surface area contributed by atoms with Crippen molar-refractivity contribution >= 4 is 80.4 Å². The van der Waals surface area contributed by atoms with Crippen LogP contribution in [0.2, 0.25) is 5.02 Å². The fourth-order valence-corrected chi connectivity index (χ4v) is 10.4. The van der Waals surface area contributed by atoms with Crippen LogP contribution in [0.3, 0.4) is 0 Å². The molecule has 4 aromatic carbocycles. The monoisotopic (exact) mass is 1120 g/mol. The van der Waals surface area contributed by atoms with Crippen LogP contribution in [-0.4, -0.2) is 129 Å². The average molecular weight is 1120 g/mol. The van der Waals surface area contributed by atoms with E-state index >= 15 is 0 Å². The van der Waals surface area contributed by atoms with Gasteiger partial charge in [0.15, 0.2) is 0 Å². The van der Waals surface area contributed by atoms with Crippen LogP contribution in [0, 0.1) is 0 Å². The summed E-state index contributed by atoms with van der Waals surface area (Å²) in [5, 5.41) is 50.1. The van der Waals surface area contributed by atoms with E-state index in [1.165, 1.54) is 43.3 Å². The first-order valence-electron chi connectivity index (χ1n) is 24.9. The van der Waals surface area contributed by atoms with E-state index in [-0.39, 0.29) is 74.6 Å². The van der Waals surface area contributed by atoms with Crippen molar-refractivity contribution in [3.05, 3.63) is 130 Å². The van der Waals surface area contributed by atoms with Crippen LogP contribution in [0.5, 0.6) is 11.5 Å². The Hall–Kier alpha value is -6.89. The van der Waals surface area contributed by atoms with E-state index in [0.29, 0.717) is 34.6 Å². The van der Waals surface area contributed by atoms with Crippen molar-refractivity contribution in [3.8, 4) is 11.5 Å². The Kier molecular flexibility index (Phi) is 24.3. The molecule has 0 saturated carbocycles. The molecule has 1 saturated heterocycles. The second-order valence-corrected chi connectivity index (χ2v) is 21.5. The molecule has 77 heavy (non-hydrogen) atoms. The SMILES string of the molecule is CC(O)C1NC(=O)[C@H](CCCCN)NC(=O)[C@@H](Cc2ccc(CN)cc2)NC(=O)[C@H](Cc2ccc(O)cc2)NC(=O)[C@H](NC(=O)CCc2ccc(Cl)cc2)CSSC[C@@H](C(=O)N[C@H](Cc2ccc(O)cc2)C(N)=O)NC1=O. The van der Waals surface area contributed by atoms with Gasteiger partial charge in [0.2, 0.25) is 47.3 Å². The number of nitrogens with two attached hydrogens (primary N) is 3. The summed E-state index contributed by atoms with van der Waals surface area (Å²) in [6.07, 6.45) is -0.985. The number of amides is 8. The lowest BCUT2D eigenvalue weighted by molar-refractivity contribution is -0.136. The fraction of sp³-hybridized carbons (Fsp3) is 0.396. The van der Waals surface area contributed by atoms with Crippen molar-refractivity contribution < 1.29 is 53.7 Å². The van der Waals surface area contributed by atoms with E-state index in [4.69, 9.17) is 28.8 Å². The molecular weight excluding hydrogens is 1050 g/mol. The lowest BCUT2D eigenvalue weighted by atomic mass is 10.0. The Morgan fingerprint density at radius 1 is 0.649 bits per heavy atom. The molecule has 0 radical (unpaired) electrons. The predicted molar refractivity (Wildman–Crippen MR) is 294 cm³/mol. The summed E-state index contributed by atoms with van der Waals surface area (Å²) in [7, 11) is 2.01. The second-order valence-electron chi connectivity index (χ2n) is 18.5. The lowest BCUT2D eigenvalue weighted by Crippen LogP contribution is -2.62. The van der Waals surface area contributed by atoms with Crippen LogP contribution in [0.1, 0.15) is 60.4 Å². The first-order chi connectivity index (χ1) is 36.8. The molecule has 5 rings (SSSR count). The number of aryl methyl sites for hydroxylation is 1. The zero-order valence-corrected chi connectivity index (χ0v) is 44.8. The molecule has 21 nitrogen and oxygen atoms in total. The summed E-state index contributed by atoms with van der Waals surface area (Å²) in [4.78, 5) is 113. The van der Waals surface area contributed by atoms with Crippen LogP contribution < -0.4 is 54.4 Å². The molecule has 1 fully saturated rings. The number of carbonyl (C=O) groups excluding carboxylic acids is 8. The molecule has 0 aromatic heterocycles. The maximum absolute atomic E-state index is 14.7. The van der Waals surface area contributed by atoms with Gasteiger partial charge in [-0.1, -0.05) is 93.9 Å². The smallest absolute Gasteiger partial charge is 0.245 e. The summed E-state index contributed by atoms with van der Waals surface area (Å²) >= 11 is 6.07. The number of carbonyl (C=O) groups is 8. The summed E-state index contributed by atoms with van der Waals surface area (Å²) in [5.41, 5.74) is 20.6. The van der Waals surface area contributed by atoms with Crippen LogP contribution in [-0.2, 0) is 70.6 Å². The summed E-state index contributed by atoms with van der Waals surface area (Å²) < 4.78 is 0. The van der Waals surface area contributed by atoms with Gasteiger partial charge in [-0.25, -0.2) is 0 Å². The molecule has 1 heterocycles. The van der Waals surface area contributed by atoms with Gasteiger partial charge in [-0.05, 0) is 103 Å². The number of phenols is 2. The molecule has 0 spiro atoms. The fourth-order valence-electron chi connectivity index (χ4n) is 7.97. The number of hydrogen-bond acceptors (Lipinski definition) is 15. The Balaban J connectivity index is 1.55. The number of nitrogens with one attached hydrogen (secondary N) is 7. The highest BCUT2D eigenvalue weighted by molar-refractivity contribution is 8.76. The minimum Gasteiger partial charge on any atom is -0.508 e. The topological polar surface area (TPSA) is 360 Å². The highest BCUT2D eigenvalue weighted by Gasteiger charge is 2.36. The number of unbranched alkanes of at least 4 members (excludes halogenated alkanes) is 1. The number of primary amides is 1. The molecule has 8 atom stereocenters. The van der Waals surface area contributed by atoms with E-state index in [2.05, 4.69) is 37.2 Å². The zero-order chi connectivity index (χ0) is 56.0. The average Bonchev–Trinajstić information content (AvgIpc) is 3.40. The van der Waals surface area contributed by atoms with Crippen molar-refractivity contribution in [2.24, 2.45) is 17.2 Å². The highest BCUT2D eigenvalue weighted by Crippen LogP contribution is 2.24. The van der Waals surface area contributed by atoms with Gasteiger partial charge in [0.1, 0.15) is 53.8 Å². The van der Waals surface area contributed by atoms with Gasteiger partial charge >= 0.3 is 0 Å². The van der Waals surface area contributed by atoms with E-state index in [1.807, 2.05) is 0 Å². The normalized spacial score (nSPS) is 20.9. The Morgan fingerprint density at radius 2 is 1.16 bits per heavy atom. The molecule has 1 aliphatic heterocycles. The number of aliphatic hydroxyl groups excluding tert-OH is 1. The van der Waals surface area contributed by atoms with Crippen molar-refractivity contribution in [1.82, 2.24) is 37.2 Å². The first kappa shape index (κ1) is 61.0. The molecule has 8 amide bonds. The maximum Gasteiger partial charge on any atom is 0.245 e. The second kappa shape index (κ2) is 30.7. The molecule has 0 bridgehead atoms. The molecule has 2 unspecified atom stereocenters. The van der Waals surface area contributed by atoms with Gasteiger partial charge in [0.05, 0.1) is 6.10 Å². The number of rotatable bonds is 19. The van der Waals surface area contributed by atoms with Crippen LogP contribution >= 0.6 is 33.2 Å². The molecule has 4 aromatic rings. The first-order valence-corrected chi connectivity index (χ1v) is 27.8. The van der Waals surface area contributed by atoms with E-state index in [9.17, 15) is 53.7 Å². The van der Waals surface area contributed by atoms with Crippen LogP contribution in [0.4, 0.5) is 0 Å². The quantitative estimate of drug-likeness (QED) is 0.0453. The van der Waals surface area contributed by atoms with Gasteiger partial charge in [-0.15, -0.1) is 0 Å². The number of hydrogen-bond donors (Lipinski definition) is 13. The predicted octanol–water partition coefficient (Wildman–Crippen LogP) is 0.654. The molecule has 414 valence electrons. The van der Waals surface area contributed by atoms with Gasteiger partial charge in [0, 0.05) is 48.8 Å². The minimum absolute atomic E-state index is 0.00441. The number of aliphatic hydroxyl groups is 1. The van der Waals surface area contributed by atoms with Crippen LogP contribution in [0.25, 0.3) is 0 Å². The highest BCUT2D eigenvalue weighted by atomic mass is 35.5. The summed E-state index contributed by atoms with van der Waals surface area (Å²) in [5.74, 6) is -7.24. The van der Waals surface area contributed by atoms with Gasteiger partial charge < -0.3 is 69.7 Å². The number of aromatic hydroxyl groups is 2. The van der Waals surface area contributed by atoms with Crippen LogP contribution in [0.15, 0.2) is 97.1 Å². The number of halogens is 1. The van der Waals surface area contributed by atoms with E-state index in [1.54, 1.807) is 60.7 Å². The molecule has 0 aliphatic carbocycles. The summed E-state index contributed by atoms with van der Waals surface area (Å²) in [6, 6.07) is 15.5. The Morgan fingerprint density at radius 3 is 1.71 bits per heavy atom. The molecule has 24 heteroatoms. The van der Waals surface area contributed by atoms with Crippen molar-refractivity contribution in [2.45, 2.75) is 113 Å².